The summed E-state index contributed by atoms with van der Waals surface area (Å²) >= 11 is 0. The van der Waals surface area contributed by atoms with Gasteiger partial charge >= 0.3 is 0 Å². The van der Waals surface area contributed by atoms with Crippen molar-refractivity contribution in [2.45, 2.75) is 56.5 Å². The largest absolute Gasteiger partial charge is 0.325 e. The van der Waals surface area contributed by atoms with Crippen molar-refractivity contribution in [3.05, 3.63) is 77.5 Å². The molecule has 1 fully saturated rings. The van der Waals surface area contributed by atoms with Crippen LogP contribution in [0.3, 0.4) is 0 Å². The summed E-state index contributed by atoms with van der Waals surface area (Å²) in [6.07, 6.45) is 5.04. The Hall–Kier alpha value is -3.47. The van der Waals surface area contributed by atoms with Gasteiger partial charge in [0.25, 0.3) is 5.92 Å². The predicted octanol–water partition coefficient (Wildman–Crippen LogP) is 3.85. The topological polar surface area (TPSA) is 74.3 Å². The summed E-state index contributed by atoms with van der Waals surface area (Å²) in [6.45, 7) is 3.11. The van der Waals surface area contributed by atoms with Crippen LogP contribution in [0.5, 0.6) is 0 Å². The molecular formula is C26H28F4N5O2+. The van der Waals surface area contributed by atoms with Gasteiger partial charge in [-0.15, -0.1) is 0 Å². The number of fused-ring (bicyclic) bond motifs is 1. The van der Waals surface area contributed by atoms with Gasteiger partial charge in [0.2, 0.25) is 18.3 Å². The van der Waals surface area contributed by atoms with Crippen LogP contribution in [0.25, 0.3) is 0 Å². The van der Waals surface area contributed by atoms with Gasteiger partial charge in [0.05, 0.1) is 17.5 Å². The van der Waals surface area contributed by atoms with E-state index in [0.717, 1.165) is 10.8 Å². The number of imidazole rings is 1. The number of pyridine rings is 1. The summed E-state index contributed by atoms with van der Waals surface area (Å²) in [5.41, 5.74) is -0.705. The zero-order chi connectivity index (χ0) is 26.5. The molecule has 5 rings (SSSR count). The summed E-state index contributed by atoms with van der Waals surface area (Å²) in [7, 11) is 0. The van der Waals surface area contributed by atoms with E-state index >= 15 is 8.78 Å². The lowest BCUT2D eigenvalue weighted by Crippen LogP contribution is -2.60. The number of rotatable bonds is 5. The van der Waals surface area contributed by atoms with Gasteiger partial charge < -0.3 is 9.88 Å². The van der Waals surface area contributed by atoms with Crippen LogP contribution in [-0.4, -0.2) is 50.6 Å². The van der Waals surface area contributed by atoms with E-state index in [2.05, 4.69) is 10.3 Å². The lowest BCUT2D eigenvalue weighted by Gasteiger charge is -2.47. The molecule has 1 aromatic carbocycles. The number of amides is 1. The second-order valence-electron chi connectivity index (χ2n) is 10.1. The van der Waals surface area contributed by atoms with E-state index < -0.39 is 35.4 Å². The Kier molecular flexibility index (Phi) is 6.21. The number of carbonyl (C=O) groups excluding carboxylic acids is 1. The molecule has 2 aromatic heterocycles. The van der Waals surface area contributed by atoms with Gasteiger partial charge in [0.1, 0.15) is 17.5 Å². The van der Waals surface area contributed by atoms with Crippen molar-refractivity contribution < 1.29 is 32.3 Å². The molecule has 1 amide bonds. The number of alkyl halides is 2. The highest BCUT2D eigenvalue weighted by Crippen LogP contribution is 2.45. The second-order valence-corrected chi connectivity index (χ2v) is 10.1. The Labute approximate surface area is 211 Å². The first kappa shape index (κ1) is 25.2. The van der Waals surface area contributed by atoms with Gasteiger partial charge in [0.15, 0.2) is 5.82 Å². The number of likely N-dealkylation sites (tertiary alicyclic amines) is 1. The van der Waals surface area contributed by atoms with Gasteiger partial charge in [0, 0.05) is 55.1 Å². The van der Waals surface area contributed by atoms with Crippen LogP contribution in [0.1, 0.15) is 49.7 Å². The molecule has 37 heavy (non-hydrogen) atoms. The molecule has 0 spiro atoms. The normalized spacial score (nSPS) is 24.0. The zero-order valence-electron chi connectivity index (χ0n) is 20.5. The fourth-order valence-electron chi connectivity index (χ4n) is 5.42. The minimum Gasteiger partial charge on any atom is -0.325 e. The third kappa shape index (κ3) is 4.56. The molecular weight excluding hydrogens is 490 g/mol. The van der Waals surface area contributed by atoms with Crippen LogP contribution in [0.15, 0.2) is 48.9 Å². The fraction of sp³-hybridized carbons (Fsp3) is 0.423. The van der Waals surface area contributed by atoms with Gasteiger partial charge in [-0.3, -0.25) is 14.9 Å². The summed E-state index contributed by atoms with van der Waals surface area (Å²) < 4.78 is 60.3. The summed E-state index contributed by atoms with van der Waals surface area (Å²) in [6, 6.07) is 5.29. The maximum atomic E-state index is 15.1. The molecule has 0 saturated carbocycles. The molecule has 2 aliphatic rings. The van der Waals surface area contributed by atoms with E-state index in [1.165, 1.54) is 43.6 Å². The number of aryl methyl sites for hydroxylation is 1. The van der Waals surface area contributed by atoms with E-state index in [4.69, 9.17) is 0 Å². The molecule has 4 heterocycles. The Balaban J connectivity index is 1.31. The molecule has 196 valence electrons. The zero-order valence-corrected chi connectivity index (χ0v) is 20.5. The quantitative estimate of drug-likeness (QED) is 0.306. The number of hydrogen-bond donors (Lipinski definition) is 2. The number of nitrogens with one attached hydrogen (secondary N) is 1. The van der Waals surface area contributed by atoms with Crippen LogP contribution in [0.4, 0.5) is 23.4 Å². The number of piperidine rings is 1. The Morgan fingerprint density at radius 1 is 1.22 bits per heavy atom. The van der Waals surface area contributed by atoms with Crippen molar-refractivity contribution >= 4 is 11.7 Å². The van der Waals surface area contributed by atoms with Crippen LogP contribution in [0.2, 0.25) is 0 Å². The Morgan fingerprint density at radius 2 is 1.89 bits per heavy atom. The van der Waals surface area contributed by atoms with Crippen molar-refractivity contribution in [2.75, 3.05) is 18.4 Å². The second kappa shape index (κ2) is 9.13. The van der Waals surface area contributed by atoms with Gasteiger partial charge in [-0.1, -0.05) is 0 Å². The SMILES string of the molecule is C[C@@H](C(=O)Nc1cn2c(n1)CC[C@@H]2c1cc(F)cc(F)c1)N1CCC(F)(F)[C@@](C)(c2cc[n+](O)cc2)C1. The van der Waals surface area contributed by atoms with E-state index in [-0.39, 0.29) is 25.0 Å². The van der Waals surface area contributed by atoms with Crippen molar-refractivity contribution in [3.8, 4) is 0 Å². The first-order valence-corrected chi connectivity index (χ1v) is 12.1. The number of nitrogens with zero attached hydrogens (tertiary/aromatic N) is 4. The number of hydrogen-bond acceptors (Lipinski definition) is 4. The van der Waals surface area contributed by atoms with Crippen LogP contribution < -0.4 is 10.0 Å². The third-order valence-electron chi connectivity index (χ3n) is 7.72. The molecule has 7 nitrogen and oxygen atoms in total. The number of carbonyl (C=O) groups is 1. The maximum absolute atomic E-state index is 15.1. The number of anilines is 1. The smallest absolute Gasteiger partial charge is 0.259 e. The van der Waals surface area contributed by atoms with Crippen LogP contribution in [-0.2, 0) is 16.6 Å². The average Bonchev–Trinajstić information content (AvgIpc) is 3.40. The van der Waals surface area contributed by atoms with E-state index in [0.29, 0.717) is 35.6 Å². The lowest BCUT2D eigenvalue weighted by atomic mass is 9.72. The summed E-state index contributed by atoms with van der Waals surface area (Å²) in [5, 5.41) is 12.3. The van der Waals surface area contributed by atoms with E-state index in [1.54, 1.807) is 22.6 Å². The maximum Gasteiger partial charge on any atom is 0.259 e. The molecule has 2 N–H and O–H groups in total. The average molecular weight is 519 g/mol. The van der Waals surface area contributed by atoms with Crippen molar-refractivity contribution in [1.29, 1.82) is 0 Å². The Bertz CT molecular complexity index is 1310. The fourth-order valence-corrected chi connectivity index (χ4v) is 5.42. The number of benzene rings is 1. The minimum absolute atomic E-state index is 0.0386. The van der Waals surface area contributed by atoms with Gasteiger partial charge in [-0.25, -0.2) is 22.5 Å². The molecule has 2 aliphatic heterocycles. The molecule has 0 aliphatic carbocycles. The van der Waals surface area contributed by atoms with Crippen molar-refractivity contribution in [1.82, 2.24) is 14.5 Å². The van der Waals surface area contributed by atoms with E-state index in [1.807, 2.05) is 0 Å². The molecule has 3 aromatic rings. The highest BCUT2D eigenvalue weighted by molar-refractivity contribution is 5.93. The van der Waals surface area contributed by atoms with Crippen molar-refractivity contribution in [3.63, 3.8) is 0 Å². The predicted molar refractivity (Wildman–Crippen MR) is 125 cm³/mol. The highest BCUT2D eigenvalue weighted by atomic mass is 19.3. The molecule has 11 heteroatoms. The standard InChI is InChI=1S/C26H27F4N5O2/c1-16(33-10-7-26(29,30)25(2,15-33)18-5-8-34(37)9-6-18)24(36)32-22-14-35-21(3-4-23(35)31-22)17-11-19(27)13-20(28)12-17/h5-6,8-9,11-14,16,21H,3-4,7,10,15H2,1-2H3,(H-,32,36,37)/p+1/t16-,21+,25+/m0/s1. The first-order chi connectivity index (χ1) is 17.5. The number of aromatic nitrogens is 3. The monoisotopic (exact) mass is 518 g/mol. The highest BCUT2D eigenvalue weighted by Gasteiger charge is 2.55. The number of halogens is 4. The van der Waals surface area contributed by atoms with Crippen LogP contribution >= 0.6 is 0 Å². The van der Waals surface area contributed by atoms with Gasteiger partial charge in [-0.05, 0) is 43.5 Å². The summed E-state index contributed by atoms with van der Waals surface area (Å²) in [5.74, 6) is -3.72. The van der Waals surface area contributed by atoms with E-state index in [9.17, 15) is 18.8 Å². The molecule has 0 unspecified atom stereocenters. The summed E-state index contributed by atoms with van der Waals surface area (Å²) in [4.78, 5) is 19.3. The Morgan fingerprint density at radius 3 is 2.57 bits per heavy atom. The van der Waals surface area contributed by atoms with Crippen molar-refractivity contribution in [2.24, 2.45) is 0 Å². The van der Waals surface area contributed by atoms with Crippen LogP contribution in [0, 0.1) is 11.6 Å². The third-order valence-corrected chi connectivity index (χ3v) is 7.72. The first-order valence-electron chi connectivity index (χ1n) is 12.1. The lowest BCUT2D eigenvalue weighted by molar-refractivity contribution is -0.904. The molecule has 3 atom stereocenters. The van der Waals surface area contributed by atoms with Gasteiger partial charge in [-0.2, -0.15) is 0 Å². The molecule has 1 saturated heterocycles. The molecule has 0 radical (unpaired) electrons. The molecule has 0 bridgehead atoms. The minimum atomic E-state index is -3.00.